The first-order valence-electron chi connectivity index (χ1n) is 9.63. The number of para-hydroxylation sites is 1. The van der Waals surface area contributed by atoms with E-state index in [9.17, 15) is 10.1 Å². The van der Waals surface area contributed by atoms with Gasteiger partial charge in [0, 0.05) is 29.1 Å². The summed E-state index contributed by atoms with van der Waals surface area (Å²) in [5.74, 6) is 0.807. The molecule has 0 saturated heterocycles. The van der Waals surface area contributed by atoms with Crippen molar-refractivity contribution in [2.24, 2.45) is 5.10 Å². The highest BCUT2D eigenvalue weighted by molar-refractivity contribution is 5.81. The lowest BCUT2D eigenvalue weighted by Crippen LogP contribution is -2.11. The number of aromatic nitrogens is 5. The van der Waals surface area contributed by atoms with E-state index in [0.717, 1.165) is 17.1 Å². The molecule has 0 radical (unpaired) electrons. The van der Waals surface area contributed by atoms with Crippen LogP contribution in [0.15, 0.2) is 65.8 Å². The van der Waals surface area contributed by atoms with Crippen LogP contribution >= 0.6 is 0 Å². The molecule has 4 rings (SSSR count). The molecule has 4 aromatic rings. The first kappa shape index (κ1) is 20.6. The minimum Gasteiger partial charge on any atom is -0.324 e. The summed E-state index contributed by atoms with van der Waals surface area (Å²) in [4.78, 5) is 23.7. The van der Waals surface area contributed by atoms with Gasteiger partial charge in [-0.3, -0.25) is 10.1 Å². The Morgan fingerprint density at radius 3 is 2.50 bits per heavy atom. The number of non-ortho nitro benzene ring substituents is 1. The molecule has 0 saturated carbocycles. The van der Waals surface area contributed by atoms with Gasteiger partial charge in [0.2, 0.25) is 11.9 Å². The summed E-state index contributed by atoms with van der Waals surface area (Å²) in [7, 11) is 0. The van der Waals surface area contributed by atoms with E-state index in [1.165, 1.54) is 18.3 Å². The lowest BCUT2D eigenvalue weighted by molar-refractivity contribution is -0.384. The van der Waals surface area contributed by atoms with Gasteiger partial charge >= 0.3 is 0 Å². The minimum atomic E-state index is -0.459. The molecule has 2 aromatic carbocycles. The predicted octanol–water partition coefficient (Wildman–Crippen LogP) is 3.77. The Bertz CT molecular complexity index is 1290. The van der Waals surface area contributed by atoms with E-state index in [1.807, 2.05) is 50.2 Å². The van der Waals surface area contributed by atoms with Crippen molar-refractivity contribution in [3.63, 3.8) is 0 Å². The maximum absolute atomic E-state index is 10.9. The van der Waals surface area contributed by atoms with Crippen LogP contribution in [-0.4, -0.2) is 35.9 Å². The van der Waals surface area contributed by atoms with Crippen molar-refractivity contribution in [2.45, 2.75) is 13.8 Å². The van der Waals surface area contributed by atoms with Gasteiger partial charge in [-0.2, -0.15) is 25.2 Å². The molecule has 0 amide bonds. The molecular weight excluding hydrogens is 410 g/mol. The van der Waals surface area contributed by atoms with Crippen LogP contribution in [0.2, 0.25) is 0 Å². The SMILES string of the molecule is Cc1cc(C)n(-c2nc(N/N=C\c3cccc([N+](=O)[O-])c3)nc(Nc3ccccc3)n2)n1. The smallest absolute Gasteiger partial charge is 0.270 e. The van der Waals surface area contributed by atoms with Gasteiger partial charge in [0.1, 0.15) is 0 Å². The Balaban J connectivity index is 1.63. The second kappa shape index (κ2) is 9.00. The Hall–Kier alpha value is -4.67. The molecule has 0 fully saturated rings. The number of aryl methyl sites for hydroxylation is 2. The molecule has 2 heterocycles. The largest absolute Gasteiger partial charge is 0.324 e. The first-order chi connectivity index (χ1) is 15.5. The average molecular weight is 429 g/mol. The summed E-state index contributed by atoms with van der Waals surface area (Å²) >= 11 is 0. The number of hydrogen-bond acceptors (Lipinski definition) is 9. The average Bonchev–Trinajstić information content (AvgIpc) is 3.12. The third kappa shape index (κ3) is 4.90. The zero-order chi connectivity index (χ0) is 22.5. The second-order valence-electron chi connectivity index (χ2n) is 6.83. The Morgan fingerprint density at radius 1 is 1.00 bits per heavy atom. The maximum atomic E-state index is 10.9. The Morgan fingerprint density at radius 2 is 1.78 bits per heavy atom. The molecule has 0 aliphatic carbocycles. The second-order valence-corrected chi connectivity index (χ2v) is 6.83. The quantitative estimate of drug-likeness (QED) is 0.257. The highest BCUT2D eigenvalue weighted by atomic mass is 16.6. The molecular formula is C21H19N9O2. The van der Waals surface area contributed by atoms with Crippen LogP contribution in [0.25, 0.3) is 5.95 Å². The number of nitro groups is 1. The number of nitrogens with one attached hydrogen (secondary N) is 2. The van der Waals surface area contributed by atoms with E-state index in [2.05, 4.69) is 35.9 Å². The first-order valence-corrected chi connectivity index (χ1v) is 9.63. The number of benzene rings is 2. The lowest BCUT2D eigenvalue weighted by Gasteiger charge is -2.09. The topological polar surface area (TPSA) is 136 Å². The number of hydrogen-bond donors (Lipinski definition) is 2. The third-order valence-electron chi connectivity index (χ3n) is 4.31. The molecule has 0 spiro atoms. The highest BCUT2D eigenvalue weighted by Crippen LogP contribution is 2.17. The summed E-state index contributed by atoms with van der Waals surface area (Å²) in [6.07, 6.45) is 1.45. The summed E-state index contributed by atoms with van der Waals surface area (Å²) in [5.41, 5.74) is 5.81. The van der Waals surface area contributed by atoms with Crippen LogP contribution in [0, 0.1) is 24.0 Å². The van der Waals surface area contributed by atoms with Crippen molar-refractivity contribution in [1.29, 1.82) is 0 Å². The van der Waals surface area contributed by atoms with Gasteiger partial charge in [-0.25, -0.2) is 10.1 Å². The monoisotopic (exact) mass is 429 g/mol. The zero-order valence-electron chi connectivity index (χ0n) is 17.3. The van der Waals surface area contributed by atoms with Crippen LogP contribution < -0.4 is 10.7 Å². The van der Waals surface area contributed by atoms with Crippen LogP contribution in [0.4, 0.5) is 23.3 Å². The number of nitro benzene ring substituents is 1. The third-order valence-corrected chi connectivity index (χ3v) is 4.31. The van der Waals surface area contributed by atoms with E-state index in [1.54, 1.807) is 16.8 Å². The lowest BCUT2D eigenvalue weighted by atomic mass is 10.2. The molecule has 0 atom stereocenters. The molecule has 0 unspecified atom stereocenters. The molecule has 0 aliphatic rings. The van der Waals surface area contributed by atoms with Crippen molar-refractivity contribution in [3.05, 3.63) is 87.7 Å². The molecule has 11 heteroatoms. The zero-order valence-corrected chi connectivity index (χ0v) is 17.3. The van der Waals surface area contributed by atoms with Gasteiger partial charge in [0.25, 0.3) is 11.6 Å². The fraction of sp³-hybridized carbons (Fsp3) is 0.0952. The molecule has 11 nitrogen and oxygen atoms in total. The van der Waals surface area contributed by atoms with Crippen molar-refractivity contribution < 1.29 is 4.92 Å². The number of anilines is 3. The van der Waals surface area contributed by atoms with Crippen LogP contribution in [-0.2, 0) is 0 Å². The molecule has 160 valence electrons. The van der Waals surface area contributed by atoms with E-state index in [-0.39, 0.29) is 11.6 Å². The summed E-state index contributed by atoms with van der Waals surface area (Å²) in [6.45, 7) is 3.79. The fourth-order valence-corrected chi connectivity index (χ4v) is 2.93. The fourth-order valence-electron chi connectivity index (χ4n) is 2.93. The van der Waals surface area contributed by atoms with Gasteiger partial charge in [0.15, 0.2) is 0 Å². The van der Waals surface area contributed by atoms with Gasteiger partial charge in [-0.15, -0.1) is 0 Å². The molecule has 0 bridgehead atoms. The Kier molecular flexibility index (Phi) is 5.79. The molecule has 0 aliphatic heterocycles. The van der Waals surface area contributed by atoms with Gasteiger partial charge in [0.05, 0.1) is 16.8 Å². The highest BCUT2D eigenvalue weighted by Gasteiger charge is 2.12. The van der Waals surface area contributed by atoms with E-state index >= 15 is 0 Å². The standard InChI is InChI=1S/C21H19N9O2/c1-14-11-15(2)29(28-14)21-25-19(23-17-8-4-3-5-9-17)24-20(26-21)27-22-13-16-7-6-10-18(12-16)30(31)32/h3-13H,1-2H3,(H2,23,24,25,26,27)/b22-13-. The number of hydrazone groups is 1. The normalized spacial score (nSPS) is 10.9. The van der Waals surface area contributed by atoms with Crippen LogP contribution in [0.5, 0.6) is 0 Å². The maximum Gasteiger partial charge on any atom is 0.270 e. The van der Waals surface area contributed by atoms with Crippen LogP contribution in [0.3, 0.4) is 0 Å². The summed E-state index contributed by atoms with van der Waals surface area (Å²) in [6, 6.07) is 17.5. The van der Waals surface area contributed by atoms with E-state index in [4.69, 9.17) is 0 Å². The molecule has 2 aromatic heterocycles. The van der Waals surface area contributed by atoms with Gasteiger partial charge < -0.3 is 5.32 Å². The molecule has 32 heavy (non-hydrogen) atoms. The number of nitrogens with zero attached hydrogens (tertiary/aromatic N) is 7. The van der Waals surface area contributed by atoms with E-state index in [0.29, 0.717) is 17.5 Å². The number of rotatable bonds is 7. The Labute approximate surface area is 183 Å². The minimum absolute atomic E-state index is 0.0183. The summed E-state index contributed by atoms with van der Waals surface area (Å²) in [5, 5.41) is 22.6. The summed E-state index contributed by atoms with van der Waals surface area (Å²) < 4.78 is 1.61. The van der Waals surface area contributed by atoms with Crippen molar-refractivity contribution in [1.82, 2.24) is 24.7 Å². The predicted molar refractivity (Wildman–Crippen MR) is 120 cm³/mol. The van der Waals surface area contributed by atoms with Crippen molar-refractivity contribution >= 4 is 29.5 Å². The van der Waals surface area contributed by atoms with Gasteiger partial charge in [-0.05, 0) is 32.0 Å². The van der Waals surface area contributed by atoms with Crippen molar-refractivity contribution in [2.75, 3.05) is 10.7 Å². The molecule has 2 N–H and O–H groups in total. The van der Waals surface area contributed by atoms with E-state index < -0.39 is 4.92 Å². The van der Waals surface area contributed by atoms with Crippen molar-refractivity contribution in [3.8, 4) is 5.95 Å². The van der Waals surface area contributed by atoms with Crippen LogP contribution in [0.1, 0.15) is 17.0 Å². The van der Waals surface area contributed by atoms with Gasteiger partial charge in [-0.1, -0.05) is 30.3 Å².